The van der Waals surface area contributed by atoms with E-state index < -0.39 is 12.0 Å². The van der Waals surface area contributed by atoms with E-state index in [0.717, 1.165) is 16.3 Å². The van der Waals surface area contributed by atoms with E-state index in [2.05, 4.69) is 20.6 Å². The van der Waals surface area contributed by atoms with Gasteiger partial charge in [0.25, 0.3) is 0 Å². The SMILES string of the molecule is CCOC(=O)C1=C(CSc2cc(C)nc(C)n2)NC(=O)NC1c1ccc(Cl)cc1. The maximum atomic E-state index is 12.8. The molecule has 0 saturated carbocycles. The van der Waals surface area contributed by atoms with E-state index in [-0.39, 0.29) is 12.6 Å². The number of carbonyl (C=O) groups excluding carboxylic acids is 2. The number of urea groups is 1. The Morgan fingerprint density at radius 3 is 2.62 bits per heavy atom. The first kappa shape index (κ1) is 21.1. The van der Waals surface area contributed by atoms with E-state index in [1.807, 2.05) is 19.9 Å². The molecular weight excluding hydrogens is 412 g/mol. The van der Waals surface area contributed by atoms with Crippen LogP contribution in [0, 0.1) is 13.8 Å². The van der Waals surface area contributed by atoms with Gasteiger partial charge in [0, 0.05) is 22.2 Å². The number of rotatable bonds is 6. The first-order valence-electron chi connectivity index (χ1n) is 9.05. The Bertz CT molecular complexity index is 942. The van der Waals surface area contributed by atoms with Crippen molar-refractivity contribution in [2.24, 2.45) is 0 Å². The lowest BCUT2D eigenvalue weighted by molar-refractivity contribution is -0.139. The third-order valence-corrected chi connectivity index (χ3v) is 5.35. The highest BCUT2D eigenvalue weighted by atomic mass is 35.5. The van der Waals surface area contributed by atoms with Crippen molar-refractivity contribution in [1.82, 2.24) is 20.6 Å². The zero-order chi connectivity index (χ0) is 21.0. The predicted molar refractivity (Wildman–Crippen MR) is 112 cm³/mol. The Hall–Kier alpha value is -2.58. The van der Waals surface area contributed by atoms with Crippen LogP contribution in [-0.2, 0) is 9.53 Å². The molecule has 0 saturated heterocycles. The van der Waals surface area contributed by atoms with Gasteiger partial charge >= 0.3 is 12.0 Å². The summed E-state index contributed by atoms with van der Waals surface area (Å²) < 4.78 is 5.26. The van der Waals surface area contributed by atoms with Crippen LogP contribution in [0.15, 0.2) is 46.6 Å². The van der Waals surface area contributed by atoms with Gasteiger partial charge in [0.1, 0.15) is 10.9 Å². The van der Waals surface area contributed by atoms with Gasteiger partial charge in [-0.05, 0) is 44.5 Å². The molecule has 7 nitrogen and oxygen atoms in total. The lowest BCUT2D eigenvalue weighted by atomic mass is 9.95. The smallest absolute Gasteiger partial charge is 0.338 e. The van der Waals surface area contributed by atoms with Gasteiger partial charge < -0.3 is 15.4 Å². The Labute approximate surface area is 178 Å². The summed E-state index contributed by atoms with van der Waals surface area (Å²) in [6, 6.07) is 7.83. The van der Waals surface area contributed by atoms with E-state index in [1.54, 1.807) is 31.2 Å². The second kappa shape index (κ2) is 9.28. The summed E-state index contributed by atoms with van der Waals surface area (Å²) in [7, 11) is 0. The first-order chi connectivity index (χ1) is 13.9. The fraction of sp³-hybridized carbons (Fsp3) is 0.300. The molecule has 9 heteroatoms. The lowest BCUT2D eigenvalue weighted by Crippen LogP contribution is -2.46. The van der Waals surface area contributed by atoms with Crippen molar-refractivity contribution in [3.63, 3.8) is 0 Å². The minimum Gasteiger partial charge on any atom is -0.463 e. The maximum Gasteiger partial charge on any atom is 0.338 e. The number of halogens is 1. The third kappa shape index (κ3) is 5.27. The maximum absolute atomic E-state index is 12.8. The van der Waals surface area contributed by atoms with Crippen molar-refractivity contribution in [3.05, 3.63) is 63.7 Å². The van der Waals surface area contributed by atoms with Crippen molar-refractivity contribution in [2.75, 3.05) is 12.4 Å². The molecule has 2 heterocycles. The van der Waals surface area contributed by atoms with Gasteiger partial charge in [0.05, 0.1) is 18.2 Å². The van der Waals surface area contributed by atoms with E-state index in [4.69, 9.17) is 16.3 Å². The highest BCUT2D eigenvalue weighted by Gasteiger charge is 2.33. The van der Waals surface area contributed by atoms with Crippen molar-refractivity contribution >= 4 is 35.4 Å². The molecule has 0 bridgehead atoms. The molecular formula is C20H21ClN4O3S. The second-order valence-electron chi connectivity index (χ2n) is 6.38. The number of carbonyl (C=O) groups is 2. The van der Waals surface area contributed by atoms with Crippen LogP contribution >= 0.6 is 23.4 Å². The highest BCUT2D eigenvalue weighted by Crippen LogP contribution is 2.31. The van der Waals surface area contributed by atoms with E-state index in [0.29, 0.717) is 27.9 Å². The van der Waals surface area contributed by atoms with Crippen molar-refractivity contribution < 1.29 is 14.3 Å². The van der Waals surface area contributed by atoms with E-state index in [1.165, 1.54) is 11.8 Å². The van der Waals surface area contributed by atoms with E-state index >= 15 is 0 Å². The number of hydrogen-bond donors (Lipinski definition) is 2. The zero-order valence-corrected chi connectivity index (χ0v) is 17.9. The molecule has 3 rings (SSSR count). The Morgan fingerprint density at radius 1 is 1.24 bits per heavy atom. The number of ether oxygens (including phenoxy) is 1. The lowest BCUT2D eigenvalue weighted by Gasteiger charge is -2.29. The predicted octanol–water partition coefficient (Wildman–Crippen LogP) is 3.71. The van der Waals surface area contributed by atoms with Crippen LogP contribution in [-0.4, -0.2) is 34.3 Å². The summed E-state index contributed by atoms with van der Waals surface area (Å²) in [5.41, 5.74) is 2.45. The van der Waals surface area contributed by atoms with Crippen molar-refractivity contribution in [1.29, 1.82) is 0 Å². The number of nitrogens with one attached hydrogen (secondary N) is 2. The average molecular weight is 433 g/mol. The van der Waals surface area contributed by atoms with Gasteiger partial charge in [-0.2, -0.15) is 0 Å². The number of benzene rings is 1. The normalized spacial score (nSPS) is 16.3. The molecule has 29 heavy (non-hydrogen) atoms. The number of aromatic nitrogens is 2. The first-order valence-corrected chi connectivity index (χ1v) is 10.4. The van der Waals surface area contributed by atoms with Crippen LogP contribution in [0.4, 0.5) is 4.79 Å². The Kier molecular flexibility index (Phi) is 6.76. The minimum absolute atomic E-state index is 0.230. The molecule has 1 aromatic heterocycles. The average Bonchev–Trinajstić information content (AvgIpc) is 2.66. The van der Waals surface area contributed by atoms with Gasteiger partial charge in [-0.15, -0.1) is 0 Å². The Balaban J connectivity index is 1.97. The third-order valence-electron chi connectivity index (χ3n) is 4.16. The van der Waals surface area contributed by atoms with Crippen LogP contribution in [0.25, 0.3) is 0 Å². The molecule has 2 N–H and O–H groups in total. The molecule has 1 aromatic carbocycles. The molecule has 2 amide bonds. The number of amides is 2. The summed E-state index contributed by atoms with van der Waals surface area (Å²) in [6.07, 6.45) is 0. The second-order valence-corrected chi connectivity index (χ2v) is 7.81. The largest absolute Gasteiger partial charge is 0.463 e. The summed E-state index contributed by atoms with van der Waals surface area (Å²) in [4.78, 5) is 33.7. The van der Waals surface area contributed by atoms with Gasteiger partial charge in [0.2, 0.25) is 0 Å². The number of thioether (sulfide) groups is 1. The van der Waals surface area contributed by atoms with Crippen LogP contribution in [0.3, 0.4) is 0 Å². The van der Waals surface area contributed by atoms with Crippen molar-refractivity contribution in [3.8, 4) is 0 Å². The zero-order valence-electron chi connectivity index (χ0n) is 16.3. The fourth-order valence-corrected chi connectivity index (χ4v) is 4.09. The van der Waals surface area contributed by atoms with Crippen LogP contribution in [0.5, 0.6) is 0 Å². The van der Waals surface area contributed by atoms with Crippen molar-refractivity contribution in [2.45, 2.75) is 31.8 Å². The molecule has 152 valence electrons. The Morgan fingerprint density at radius 2 is 1.97 bits per heavy atom. The topological polar surface area (TPSA) is 93.2 Å². The van der Waals surface area contributed by atoms with E-state index in [9.17, 15) is 9.59 Å². The molecule has 2 aromatic rings. The standard InChI is InChI=1S/C20H21ClN4O3S/c1-4-28-19(26)17-15(10-29-16-9-11(2)22-12(3)23-16)24-20(27)25-18(17)13-5-7-14(21)8-6-13/h5-9,18H,4,10H2,1-3H3,(H2,24,25,27). The van der Waals surface area contributed by atoms with Gasteiger partial charge in [-0.1, -0.05) is 35.5 Å². The number of nitrogens with zero attached hydrogens (tertiary/aromatic N) is 2. The van der Waals surface area contributed by atoms with Crippen LogP contribution < -0.4 is 10.6 Å². The summed E-state index contributed by atoms with van der Waals surface area (Å²) in [5.74, 6) is 0.535. The molecule has 1 atom stereocenters. The number of esters is 1. The fourth-order valence-electron chi connectivity index (χ4n) is 2.99. The monoisotopic (exact) mass is 432 g/mol. The summed E-state index contributed by atoms with van der Waals surface area (Å²) in [5, 5.41) is 6.89. The van der Waals surface area contributed by atoms with Gasteiger partial charge in [0.15, 0.2) is 0 Å². The van der Waals surface area contributed by atoms with Crippen LogP contribution in [0.1, 0.15) is 30.0 Å². The summed E-state index contributed by atoms with van der Waals surface area (Å²) in [6.45, 7) is 5.69. The molecule has 0 radical (unpaired) electrons. The molecule has 0 spiro atoms. The van der Waals surface area contributed by atoms with Crippen LogP contribution in [0.2, 0.25) is 5.02 Å². The van der Waals surface area contributed by atoms with Gasteiger partial charge in [-0.25, -0.2) is 19.6 Å². The van der Waals surface area contributed by atoms with Gasteiger partial charge in [-0.3, -0.25) is 0 Å². The molecule has 1 aliphatic rings. The minimum atomic E-state index is -0.635. The summed E-state index contributed by atoms with van der Waals surface area (Å²) >= 11 is 7.40. The number of hydrogen-bond acceptors (Lipinski definition) is 6. The molecule has 1 unspecified atom stereocenters. The molecule has 0 fully saturated rings. The highest BCUT2D eigenvalue weighted by molar-refractivity contribution is 7.99. The number of aryl methyl sites for hydroxylation is 2. The molecule has 0 aliphatic carbocycles. The molecule has 1 aliphatic heterocycles. The quantitative estimate of drug-likeness (QED) is 0.410.